The summed E-state index contributed by atoms with van der Waals surface area (Å²) in [6, 6.07) is 10.2. The lowest BCUT2D eigenvalue weighted by molar-refractivity contribution is -0.144. The third kappa shape index (κ3) is 2.54. The summed E-state index contributed by atoms with van der Waals surface area (Å²) in [4.78, 5) is 13.6. The van der Waals surface area contributed by atoms with E-state index in [0.29, 0.717) is 25.6 Å². The number of rotatable bonds is 4. The first-order valence-electron chi connectivity index (χ1n) is 6.26. The van der Waals surface area contributed by atoms with Gasteiger partial charge in [0.2, 0.25) is 0 Å². The van der Waals surface area contributed by atoms with Crippen molar-refractivity contribution in [2.24, 2.45) is 0 Å². The molecule has 2 unspecified atom stereocenters. The first kappa shape index (κ1) is 13.1. The van der Waals surface area contributed by atoms with Gasteiger partial charge in [-0.15, -0.1) is 0 Å². The van der Waals surface area contributed by atoms with Gasteiger partial charge in [-0.2, -0.15) is 0 Å². The number of hydrogen-bond donors (Lipinski definition) is 2. The highest BCUT2D eigenvalue weighted by molar-refractivity contribution is 5.79. The van der Waals surface area contributed by atoms with Crippen LogP contribution in [0.25, 0.3) is 0 Å². The maximum Gasteiger partial charge on any atom is 0.325 e. The molecule has 4 nitrogen and oxygen atoms in total. The number of benzene rings is 1. The van der Waals surface area contributed by atoms with Crippen LogP contribution in [-0.4, -0.2) is 41.1 Å². The molecule has 0 bridgehead atoms. The van der Waals surface area contributed by atoms with E-state index in [1.807, 2.05) is 37.4 Å². The van der Waals surface area contributed by atoms with Gasteiger partial charge in [-0.05, 0) is 26.0 Å². The number of nitrogens with one attached hydrogen (secondary N) is 1. The second-order valence-corrected chi connectivity index (χ2v) is 5.19. The van der Waals surface area contributed by atoms with Crippen LogP contribution in [-0.2, 0) is 11.3 Å². The monoisotopic (exact) mass is 248 g/mol. The summed E-state index contributed by atoms with van der Waals surface area (Å²) in [5, 5.41) is 12.7. The van der Waals surface area contributed by atoms with Gasteiger partial charge in [-0.25, -0.2) is 0 Å². The van der Waals surface area contributed by atoms with E-state index in [2.05, 4.69) is 17.1 Å². The van der Waals surface area contributed by atoms with Crippen LogP contribution in [0.4, 0.5) is 0 Å². The average Bonchev–Trinajstić information content (AvgIpc) is 2.65. The second-order valence-electron chi connectivity index (χ2n) is 5.19. The van der Waals surface area contributed by atoms with Gasteiger partial charge in [0, 0.05) is 19.1 Å². The highest BCUT2D eigenvalue weighted by atomic mass is 16.4. The van der Waals surface area contributed by atoms with Crippen LogP contribution in [0.15, 0.2) is 30.3 Å². The minimum atomic E-state index is -0.815. The lowest BCUT2D eigenvalue weighted by atomic mass is 9.96. The van der Waals surface area contributed by atoms with Gasteiger partial charge in [-0.1, -0.05) is 30.3 Å². The molecule has 0 saturated carbocycles. The van der Waals surface area contributed by atoms with Gasteiger partial charge in [0.25, 0.3) is 0 Å². The van der Waals surface area contributed by atoms with Crippen LogP contribution in [0, 0.1) is 0 Å². The lowest BCUT2D eigenvalue weighted by Gasteiger charge is -2.25. The van der Waals surface area contributed by atoms with Crippen molar-refractivity contribution in [1.82, 2.24) is 10.2 Å². The summed E-state index contributed by atoms with van der Waals surface area (Å²) in [5.41, 5.74) is 0.296. The summed E-state index contributed by atoms with van der Waals surface area (Å²) >= 11 is 0. The van der Waals surface area contributed by atoms with E-state index in [4.69, 9.17) is 0 Å². The maximum atomic E-state index is 11.5. The molecule has 1 saturated heterocycles. The van der Waals surface area contributed by atoms with Crippen LogP contribution >= 0.6 is 0 Å². The zero-order valence-corrected chi connectivity index (χ0v) is 10.9. The molecule has 2 rings (SSSR count). The fourth-order valence-corrected chi connectivity index (χ4v) is 2.53. The molecule has 2 N–H and O–H groups in total. The van der Waals surface area contributed by atoms with Crippen molar-refractivity contribution in [3.05, 3.63) is 35.9 Å². The molecule has 2 atom stereocenters. The van der Waals surface area contributed by atoms with E-state index in [-0.39, 0.29) is 0 Å². The standard InChI is InChI=1S/C14H20N2O2/c1-11-8-14(13(17)18,10-16(11)2)15-9-12-6-4-3-5-7-12/h3-7,11,15H,8-10H2,1-2H3,(H,17,18). The predicted molar refractivity (Wildman–Crippen MR) is 70.4 cm³/mol. The Morgan fingerprint density at radius 2 is 2.17 bits per heavy atom. The SMILES string of the molecule is CC1CC(NCc2ccccc2)(C(=O)O)CN1C. The molecule has 1 heterocycles. The minimum Gasteiger partial charge on any atom is -0.480 e. The fraction of sp³-hybridized carbons (Fsp3) is 0.500. The van der Waals surface area contributed by atoms with Gasteiger partial charge < -0.3 is 10.0 Å². The van der Waals surface area contributed by atoms with Crippen molar-refractivity contribution in [3.63, 3.8) is 0 Å². The molecule has 0 spiro atoms. The number of nitrogens with zero attached hydrogens (tertiary/aromatic N) is 1. The maximum absolute atomic E-state index is 11.5. The predicted octanol–water partition coefficient (Wildman–Crippen LogP) is 1.32. The summed E-state index contributed by atoms with van der Waals surface area (Å²) in [6.45, 7) is 3.21. The van der Waals surface area contributed by atoms with Crippen molar-refractivity contribution >= 4 is 5.97 Å². The first-order valence-corrected chi connectivity index (χ1v) is 6.26. The highest BCUT2D eigenvalue weighted by Crippen LogP contribution is 2.26. The quantitative estimate of drug-likeness (QED) is 0.844. The Hall–Kier alpha value is -1.39. The second kappa shape index (κ2) is 5.08. The zero-order valence-electron chi connectivity index (χ0n) is 10.9. The molecule has 1 fully saturated rings. The van der Waals surface area contributed by atoms with E-state index in [1.54, 1.807) is 0 Å². The topological polar surface area (TPSA) is 52.6 Å². The number of carbonyl (C=O) groups is 1. The van der Waals surface area contributed by atoms with Crippen molar-refractivity contribution in [1.29, 1.82) is 0 Å². The van der Waals surface area contributed by atoms with Crippen molar-refractivity contribution in [2.45, 2.75) is 31.5 Å². The van der Waals surface area contributed by atoms with Crippen molar-refractivity contribution in [3.8, 4) is 0 Å². The largest absolute Gasteiger partial charge is 0.480 e. The smallest absolute Gasteiger partial charge is 0.325 e. The molecule has 1 aliphatic heterocycles. The number of hydrogen-bond acceptors (Lipinski definition) is 3. The third-order valence-electron chi connectivity index (χ3n) is 3.80. The molecule has 1 aromatic carbocycles. The van der Waals surface area contributed by atoms with Crippen LogP contribution < -0.4 is 5.32 Å². The molecule has 1 aliphatic rings. The fourth-order valence-electron chi connectivity index (χ4n) is 2.53. The molecule has 0 radical (unpaired) electrons. The van der Waals surface area contributed by atoms with E-state index in [1.165, 1.54) is 0 Å². The summed E-state index contributed by atoms with van der Waals surface area (Å²) in [6.07, 6.45) is 0.645. The Morgan fingerprint density at radius 1 is 1.50 bits per heavy atom. The Kier molecular flexibility index (Phi) is 3.68. The van der Waals surface area contributed by atoms with E-state index in [0.717, 1.165) is 5.56 Å². The molecule has 18 heavy (non-hydrogen) atoms. The molecule has 0 amide bonds. The van der Waals surface area contributed by atoms with Gasteiger partial charge in [0.1, 0.15) is 5.54 Å². The number of likely N-dealkylation sites (N-methyl/N-ethyl adjacent to an activating group) is 1. The zero-order chi connectivity index (χ0) is 13.2. The van der Waals surface area contributed by atoms with Gasteiger partial charge in [0.15, 0.2) is 0 Å². The van der Waals surface area contributed by atoms with E-state index >= 15 is 0 Å². The van der Waals surface area contributed by atoms with E-state index in [9.17, 15) is 9.90 Å². The Balaban J connectivity index is 2.07. The van der Waals surface area contributed by atoms with Gasteiger partial charge in [-0.3, -0.25) is 10.1 Å². The molecule has 1 aromatic rings. The van der Waals surface area contributed by atoms with Crippen molar-refractivity contribution < 1.29 is 9.90 Å². The molecule has 98 valence electrons. The number of carboxylic acids is 1. The van der Waals surface area contributed by atoms with E-state index < -0.39 is 11.5 Å². The minimum absolute atomic E-state index is 0.296. The first-order chi connectivity index (χ1) is 8.53. The summed E-state index contributed by atoms with van der Waals surface area (Å²) in [5.74, 6) is -0.755. The average molecular weight is 248 g/mol. The molecular formula is C14H20N2O2. The Labute approximate surface area is 108 Å². The molecule has 0 aliphatic carbocycles. The van der Waals surface area contributed by atoms with Crippen LogP contribution in [0.5, 0.6) is 0 Å². The lowest BCUT2D eigenvalue weighted by Crippen LogP contribution is -2.53. The van der Waals surface area contributed by atoms with Crippen LogP contribution in [0.3, 0.4) is 0 Å². The Morgan fingerprint density at radius 3 is 2.67 bits per heavy atom. The normalized spacial score (nSPS) is 28.4. The highest BCUT2D eigenvalue weighted by Gasteiger charge is 2.46. The number of likely N-dealkylation sites (tertiary alicyclic amines) is 1. The number of aliphatic carboxylic acids is 1. The molecule has 0 aromatic heterocycles. The van der Waals surface area contributed by atoms with Crippen molar-refractivity contribution in [2.75, 3.05) is 13.6 Å². The third-order valence-corrected chi connectivity index (χ3v) is 3.80. The summed E-state index contributed by atoms with van der Waals surface area (Å²) < 4.78 is 0. The summed E-state index contributed by atoms with van der Waals surface area (Å²) in [7, 11) is 1.97. The van der Waals surface area contributed by atoms with Crippen LogP contribution in [0.1, 0.15) is 18.9 Å². The van der Waals surface area contributed by atoms with Gasteiger partial charge in [0.05, 0.1) is 0 Å². The molecule has 4 heteroatoms. The van der Waals surface area contributed by atoms with Crippen LogP contribution in [0.2, 0.25) is 0 Å². The number of carboxylic acid groups (broad SMARTS) is 1. The molecular weight excluding hydrogens is 228 g/mol. The van der Waals surface area contributed by atoms with Gasteiger partial charge >= 0.3 is 5.97 Å². The Bertz CT molecular complexity index is 409.